The zero-order chi connectivity index (χ0) is 23.4. The van der Waals surface area contributed by atoms with Gasteiger partial charge in [-0.05, 0) is 60.4 Å². The van der Waals surface area contributed by atoms with Gasteiger partial charge >= 0.3 is 0 Å². The third-order valence-electron chi connectivity index (χ3n) is 5.61. The maximum absolute atomic E-state index is 13.1. The first kappa shape index (κ1) is 22.7. The first-order chi connectivity index (χ1) is 15.9. The molecule has 8 heteroatoms. The van der Waals surface area contributed by atoms with E-state index in [0.29, 0.717) is 23.5 Å². The number of carbonyl (C=O) groups excluding carboxylic acids is 1. The molecule has 0 fully saturated rings. The lowest BCUT2D eigenvalue weighted by molar-refractivity contribution is -0.114. The Morgan fingerprint density at radius 1 is 1.06 bits per heavy atom. The fraction of sp³-hybridized carbons (Fsp3) is 0.240. The number of sulfonamides is 1. The summed E-state index contributed by atoms with van der Waals surface area (Å²) in [4.78, 5) is 14.2. The fourth-order valence-electron chi connectivity index (χ4n) is 4.04. The van der Waals surface area contributed by atoms with E-state index in [1.807, 2.05) is 18.2 Å². The summed E-state index contributed by atoms with van der Waals surface area (Å²) in [6, 6.07) is 20.1. The third-order valence-corrected chi connectivity index (χ3v) is 6.97. The van der Waals surface area contributed by atoms with Crippen LogP contribution >= 0.6 is 0 Å². The molecule has 1 aliphatic rings. The minimum absolute atomic E-state index is 0.116. The van der Waals surface area contributed by atoms with E-state index >= 15 is 0 Å². The van der Waals surface area contributed by atoms with E-state index in [-0.39, 0.29) is 10.8 Å². The Kier molecular flexibility index (Phi) is 6.55. The Morgan fingerprint density at radius 2 is 1.79 bits per heavy atom. The predicted molar refractivity (Wildman–Crippen MR) is 131 cm³/mol. The molecule has 0 unspecified atom stereocenters. The summed E-state index contributed by atoms with van der Waals surface area (Å²) < 4.78 is 34.0. The molecule has 4 rings (SSSR count). The van der Waals surface area contributed by atoms with Gasteiger partial charge in [0.05, 0.1) is 23.4 Å². The quantitative estimate of drug-likeness (QED) is 0.524. The Balaban J connectivity index is 1.62. The number of hydrogen-bond acceptors (Lipinski definition) is 5. The van der Waals surface area contributed by atoms with Crippen molar-refractivity contribution in [3.63, 3.8) is 0 Å². The molecule has 0 saturated carbocycles. The Bertz CT molecular complexity index is 1240. The average Bonchev–Trinajstić information content (AvgIpc) is 3.22. The highest BCUT2D eigenvalue weighted by atomic mass is 32.2. The van der Waals surface area contributed by atoms with Crippen LogP contribution in [0.4, 0.5) is 17.1 Å². The van der Waals surface area contributed by atoms with E-state index < -0.39 is 10.0 Å². The molecular formula is C25H27N3O4S. The van der Waals surface area contributed by atoms with Crippen LogP contribution in [-0.4, -0.2) is 34.5 Å². The summed E-state index contributed by atoms with van der Waals surface area (Å²) in [5.41, 5.74) is 3.98. The third kappa shape index (κ3) is 5.28. The van der Waals surface area contributed by atoms with Gasteiger partial charge in [0.25, 0.3) is 10.0 Å². The normalized spacial score (nSPS) is 12.8. The molecule has 0 aromatic heterocycles. The van der Waals surface area contributed by atoms with E-state index in [2.05, 4.69) is 27.1 Å². The molecule has 0 aliphatic carbocycles. The highest BCUT2D eigenvalue weighted by molar-refractivity contribution is 7.92. The lowest BCUT2D eigenvalue weighted by Gasteiger charge is -2.23. The van der Waals surface area contributed by atoms with Gasteiger partial charge in [0.1, 0.15) is 5.75 Å². The van der Waals surface area contributed by atoms with E-state index in [1.54, 1.807) is 37.4 Å². The van der Waals surface area contributed by atoms with Gasteiger partial charge in [0.15, 0.2) is 0 Å². The molecule has 1 heterocycles. The molecular weight excluding hydrogens is 438 g/mol. The van der Waals surface area contributed by atoms with Crippen LogP contribution in [-0.2, 0) is 27.7 Å². The maximum atomic E-state index is 13.1. The van der Waals surface area contributed by atoms with Crippen LogP contribution in [0.3, 0.4) is 0 Å². The van der Waals surface area contributed by atoms with Crippen molar-refractivity contribution in [3.8, 4) is 5.75 Å². The molecule has 0 radical (unpaired) electrons. The van der Waals surface area contributed by atoms with Crippen molar-refractivity contribution in [1.29, 1.82) is 0 Å². The van der Waals surface area contributed by atoms with Gasteiger partial charge in [-0.25, -0.2) is 8.42 Å². The number of ether oxygens (including phenoxy) is 1. The van der Waals surface area contributed by atoms with E-state index in [0.717, 1.165) is 30.8 Å². The van der Waals surface area contributed by atoms with Crippen molar-refractivity contribution in [1.82, 2.24) is 0 Å². The van der Waals surface area contributed by atoms with Gasteiger partial charge in [-0.2, -0.15) is 0 Å². The van der Waals surface area contributed by atoms with Gasteiger partial charge in [0, 0.05) is 25.7 Å². The number of rotatable bonds is 8. The van der Waals surface area contributed by atoms with Crippen molar-refractivity contribution < 1.29 is 17.9 Å². The van der Waals surface area contributed by atoms with Crippen molar-refractivity contribution >= 4 is 33.0 Å². The van der Waals surface area contributed by atoms with Crippen LogP contribution in [0.1, 0.15) is 18.1 Å². The zero-order valence-electron chi connectivity index (χ0n) is 18.7. The zero-order valence-corrected chi connectivity index (χ0v) is 19.5. The molecule has 0 bridgehead atoms. The molecule has 3 aromatic rings. The summed E-state index contributed by atoms with van der Waals surface area (Å²) in [6.45, 7) is 2.97. The largest absolute Gasteiger partial charge is 0.497 e. The number of fused-ring (bicyclic) bond motifs is 1. The number of benzene rings is 3. The van der Waals surface area contributed by atoms with E-state index in [4.69, 9.17) is 4.74 Å². The molecule has 1 aliphatic heterocycles. The summed E-state index contributed by atoms with van der Waals surface area (Å²) in [5, 5.41) is 2.84. The van der Waals surface area contributed by atoms with Crippen molar-refractivity contribution in [3.05, 3.63) is 77.9 Å². The van der Waals surface area contributed by atoms with Gasteiger partial charge < -0.3 is 15.0 Å². The molecule has 33 heavy (non-hydrogen) atoms. The second kappa shape index (κ2) is 9.54. The van der Waals surface area contributed by atoms with Crippen molar-refractivity contribution in [2.24, 2.45) is 0 Å². The average molecular weight is 466 g/mol. The number of amides is 1. The van der Waals surface area contributed by atoms with Crippen LogP contribution in [0, 0.1) is 0 Å². The molecule has 1 amide bonds. The maximum Gasteiger partial charge on any atom is 0.261 e. The lowest BCUT2D eigenvalue weighted by atomic mass is 10.1. The molecule has 172 valence electrons. The highest BCUT2D eigenvalue weighted by Crippen LogP contribution is 2.38. The highest BCUT2D eigenvalue weighted by Gasteiger charge is 2.27. The Morgan fingerprint density at radius 3 is 2.45 bits per heavy atom. The van der Waals surface area contributed by atoms with Gasteiger partial charge in [0.2, 0.25) is 5.91 Å². The first-order valence-corrected chi connectivity index (χ1v) is 12.2. The minimum atomic E-state index is -3.85. The topological polar surface area (TPSA) is 87.7 Å². The van der Waals surface area contributed by atoms with Crippen LogP contribution in [0.15, 0.2) is 71.6 Å². The van der Waals surface area contributed by atoms with Crippen molar-refractivity contribution in [2.75, 3.05) is 35.1 Å². The lowest BCUT2D eigenvalue weighted by Crippen LogP contribution is -2.25. The molecule has 0 spiro atoms. The second-order valence-corrected chi connectivity index (χ2v) is 9.65. The summed E-state index contributed by atoms with van der Waals surface area (Å²) in [5.74, 6) is 0.392. The number of nitrogens with zero attached hydrogens (tertiary/aromatic N) is 1. The minimum Gasteiger partial charge on any atom is -0.497 e. The molecule has 7 nitrogen and oxygen atoms in total. The van der Waals surface area contributed by atoms with Crippen LogP contribution in [0.25, 0.3) is 0 Å². The second-order valence-electron chi connectivity index (χ2n) is 7.97. The van der Waals surface area contributed by atoms with Gasteiger partial charge in [-0.3, -0.25) is 9.52 Å². The van der Waals surface area contributed by atoms with Crippen LogP contribution < -0.4 is 19.7 Å². The van der Waals surface area contributed by atoms with E-state index in [1.165, 1.54) is 18.6 Å². The number of hydrogen-bond donors (Lipinski definition) is 2. The van der Waals surface area contributed by atoms with Crippen molar-refractivity contribution in [2.45, 2.75) is 24.7 Å². The Labute approximate surface area is 194 Å². The van der Waals surface area contributed by atoms with Gasteiger partial charge in [-0.1, -0.05) is 30.3 Å². The monoisotopic (exact) mass is 465 g/mol. The molecule has 0 saturated heterocycles. The van der Waals surface area contributed by atoms with E-state index in [9.17, 15) is 13.2 Å². The van der Waals surface area contributed by atoms with Crippen LogP contribution in [0.5, 0.6) is 5.75 Å². The first-order valence-electron chi connectivity index (χ1n) is 10.8. The molecule has 2 N–H and O–H groups in total. The molecule has 3 aromatic carbocycles. The molecule has 0 atom stereocenters. The number of nitrogens with one attached hydrogen (secondary N) is 2. The Hall–Kier alpha value is -3.52. The SMILES string of the molecule is COc1ccc(NS(=O)(=O)c2cc3c(c(NC(C)=O)c2)N(CCc2ccccc2)CC3)cc1. The number of methoxy groups -OCH3 is 1. The van der Waals surface area contributed by atoms with Gasteiger partial charge in [-0.15, -0.1) is 0 Å². The predicted octanol–water partition coefficient (Wildman–Crippen LogP) is 4.06. The summed E-state index contributed by atoms with van der Waals surface area (Å²) in [6.07, 6.45) is 1.57. The standard InChI is InChI=1S/C25H27N3O4S/c1-18(29)26-24-17-23(33(30,31)27-21-8-10-22(32-2)11-9-21)16-20-13-15-28(25(20)24)14-12-19-6-4-3-5-7-19/h3-11,16-17,27H,12-15H2,1-2H3,(H,26,29). The smallest absolute Gasteiger partial charge is 0.261 e. The summed E-state index contributed by atoms with van der Waals surface area (Å²) >= 11 is 0. The summed E-state index contributed by atoms with van der Waals surface area (Å²) in [7, 11) is -2.29. The van der Waals surface area contributed by atoms with Crippen LogP contribution in [0.2, 0.25) is 0 Å². The number of carbonyl (C=O) groups is 1. The number of anilines is 3. The fourth-order valence-corrected chi connectivity index (χ4v) is 5.18.